The number of hydrogen-bond donors (Lipinski definition) is 2. The highest BCUT2D eigenvalue weighted by Crippen LogP contribution is 2.15. The summed E-state index contributed by atoms with van der Waals surface area (Å²) in [7, 11) is 0. The Morgan fingerprint density at radius 3 is 2.08 bits per heavy atom. The molecule has 4 N–H and O–H groups in total. The lowest BCUT2D eigenvalue weighted by atomic mass is 10.1. The Morgan fingerprint density at radius 2 is 1.69 bits per heavy atom. The third-order valence-corrected chi connectivity index (χ3v) is 1.45. The summed E-state index contributed by atoms with van der Waals surface area (Å²) < 4.78 is 5.31. The highest BCUT2D eigenvalue weighted by molar-refractivity contribution is 4.67. The van der Waals surface area contributed by atoms with Crippen LogP contribution in [0.4, 0.5) is 0 Å². The SMILES string of the molecule is CC(C)(N)OCCC(C)(C)OON. The molecular formula is C8H20N2O3. The summed E-state index contributed by atoms with van der Waals surface area (Å²) in [5.74, 6) is 4.78. The largest absolute Gasteiger partial charge is 0.361 e. The Labute approximate surface area is 79.2 Å². The summed E-state index contributed by atoms with van der Waals surface area (Å²) in [4.78, 5) is 8.90. The van der Waals surface area contributed by atoms with E-state index in [-0.39, 0.29) is 0 Å². The van der Waals surface area contributed by atoms with E-state index in [1.165, 1.54) is 0 Å². The van der Waals surface area contributed by atoms with Gasteiger partial charge in [-0.05, 0) is 27.7 Å². The lowest BCUT2D eigenvalue weighted by Crippen LogP contribution is -2.37. The Kier molecular flexibility index (Phi) is 4.80. The van der Waals surface area contributed by atoms with Gasteiger partial charge in [-0.3, -0.25) is 0 Å². The molecule has 0 aromatic heterocycles. The van der Waals surface area contributed by atoms with Crippen molar-refractivity contribution < 1.29 is 14.6 Å². The monoisotopic (exact) mass is 192 g/mol. The molecule has 0 fully saturated rings. The maximum absolute atomic E-state index is 5.62. The molecule has 0 aliphatic heterocycles. The van der Waals surface area contributed by atoms with E-state index in [0.29, 0.717) is 13.0 Å². The van der Waals surface area contributed by atoms with Crippen molar-refractivity contribution in [1.29, 1.82) is 0 Å². The summed E-state index contributed by atoms with van der Waals surface area (Å²) in [6.07, 6.45) is 0.658. The van der Waals surface area contributed by atoms with Crippen LogP contribution in [0.5, 0.6) is 0 Å². The van der Waals surface area contributed by atoms with E-state index in [1.807, 2.05) is 13.8 Å². The van der Waals surface area contributed by atoms with E-state index < -0.39 is 11.3 Å². The van der Waals surface area contributed by atoms with Gasteiger partial charge < -0.3 is 10.5 Å². The zero-order chi connectivity index (χ0) is 10.5. The fourth-order valence-corrected chi connectivity index (χ4v) is 0.732. The Bertz CT molecular complexity index is 143. The predicted octanol–water partition coefficient (Wildman–Crippen LogP) is 0.688. The van der Waals surface area contributed by atoms with Crippen LogP contribution in [0.1, 0.15) is 34.1 Å². The first-order chi connectivity index (χ1) is 5.77. The van der Waals surface area contributed by atoms with Crippen LogP contribution in [0, 0.1) is 0 Å². The van der Waals surface area contributed by atoms with Crippen molar-refractivity contribution in [1.82, 2.24) is 0 Å². The molecule has 0 amide bonds. The summed E-state index contributed by atoms with van der Waals surface area (Å²) in [5, 5.41) is 0. The fourth-order valence-electron chi connectivity index (χ4n) is 0.732. The maximum atomic E-state index is 5.62. The van der Waals surface area contributed by atoms with Gasteiger partial charge in [-0.1, -0.05) is 0 Å². The second-order valence-corrected chi connectivity index (χ2v) is 4.14. The van der Waals surface area contributed by atoms with Gasteiger partial charge in [-0.25, -0.2) is 4.89 Å². The standard InChI is InChI=1S/C8H20N2O3/c1-7(2,12-13-10)5-6-11-8(3,4)9/h5-6,9-10H2,1-4H3. The molecule has 0 aliphatic carbocycles. The maximum Gasteiger partial charge on any atom is 0.111 e. The zero-order valence-electron chi connectivity index (χ0n) is 8.79. The minimum Gasteiger partial charge on any atom is -0.361 e. The Balaban J connectivity index is 3.63. The van der Waals surface area contributed by atoms with Gasteiger partial charge in [0.05, 0.1) is 6.61 Å². The smallest absolute Gasteiger partial charge is 0.111 e. The topological polar surface area (TPSA) is 79.7 Å². The van der Waals surface area contributed by atoms with Gasteiger partial charge in [0, 0.05) is 6.42 Å². The highest BCUT2D eigenvalue weighted by Gasteiger charge is 2.21. The van der Waals surface area contributed by atoms with E-state index in [9.17, 15) is 0 Å². The summed E-state index contributed by atoms with van der Waals surface area (Å²) in [5.41, 5.74) is 4.55. The average molecular weight is 192 g/mol. The van der Waals surface area contributed by atoms with Crippen LogP contribution in [0.2, 0.25) is 0 Å². The van der Waals surface area contributed by atoms with Crippen LogP contribution < -0.4 is 11.6 Å². The van der Waals surface area contributed by atoms with Gasteiger partial charge in [-0.2, -0.15) is 5.90 Å². The molecule has 0 spiro atoms. The van der Waals surface area contributed by atoms with Crippen molar-refractivity contribution in [3.05, 3.63) is 0 Å². The predicted molar refractivity (Wildman–Crippen MR) is 49.3 cm³/mol. The lowest BCUT2D eigenvalue weighted by Gasteiger charge is -2.25. The molecule has 0 radical (unpaired) electrons. The molecule has 0 rings (SSSR count). The first-order valence-electron chi connectivity index (χ1n) is 4.24. The van der Waals surface area contributed by atoms with Crippen molar-refractivity contribution in [3.63, 3.8) is 0 Å². The van der Waals surface area contributed by atoms with E-state index in [4.69, 9.17) is 21.3 Å². The van der Waals surface area contributed by atoms with Gasteiger partial charge in [0.2, 0.25) is 0 Å². The first kappa shape index (κ1) is 12.8. The van der Waals surface area contributed by atoms with Crippen molar-refractivity contribution in [2.24, 2.45) is 11.6 Å². The van der Waals surface area contributed by atoms with Crippen molar-refractivity contribution >= 4 is 0 Å². The number of rotatable bonds is 6. The summed E-state index contributed by atoms with van der Waals surface area (Å²) in [6, 6.07) is 0. The molecule has 0 aliphatic rings. The van der Waals surface area contributed by atoms with Crippen LogP contribution in [0.25, 0.3) is 0 Å². The van der Waals surface area contributed by atoms with Crippen molar-refractivity contribution in [2.45, 2.75) is 45.4 Å². The quantitative estimate of drug-likeness (QED) is 0.367. The van der Waals surface area contributed by atoms with Gasteiger partial charge >= 0.3 is 0 Å². The minimum absolute atomic E-state index is 0.458. The molecule has 0 saturated carbocycles. The normalized spacial score (nSPS) is 13.4. The molecule has 0 saturated heterocycles. The van der Waals surface area contributed by atoms with Crippen LogP contribution in [0.3, 0.4) is 0 Å². The minimum atomic E-state index is -0.611. The molecule has 0 aromatic rings. The molecule has 0 aromatic carbocycles. The van der Waals surface area contributed by atoms with Gasteiger partial charge in [0.15, 0.2) is 0 Å². The Morgan fingerprint density at radius 1 is 1.15 bits per heavy atom. The van der Waals surface area contributed by atoms with E-state index in [1.54, 1.807) is 13.8 Å². The average Bonchev–Trinajstić information content (AvgIpc) is 1.82. The van der Waals surface area contributed by atoms with E-state index in [2.05, 4.69) is 4.99 Å². The van der Waals surface area contributed by atoms with Crippen LogP contribution in [-0.4, -0.2) is 17.9 Å². The Hall–Kier alpha value is -0.200. The molecule has 5 heteroatoms. The molecule has 80 valence electrons. The second-order valence-electron chi connectivity index (χ2n) is 4.14. The molecule has 0 unspecified atom stereocenters. The van der Waals surface area contributed by atoms with Crippen molar-refractivity contribution in [2.75, 3.05) is 6.61 Å². The van der Waals surface area contributed by atoms with Crippen molar-refractivity contribution in [3.8, 4) is 0 Å². The lowest BCUT2D eigenvalue weighted by molar-refractivity contribution is -0.360. The molecule has 0 heterocycles. The van der Waals surface area contributed by atoms with E-state index in [0.717, 1.165) is 0 Å². The van der Waals surface area contributed by atoms with Crippen LogP contribution in [0.15, 0.2) is 0 Å². The first-order valence-corrected chi connectivity index (χ1v) is 4.24. The number of ether oxygens (including phenoxy) is 1. The van der Waals surface area contributed by atoms with Crippen LogP contribution in [-0.2, 0) is 14.6 Å². The third kappa shape index (κ3) is 8.14. The fraction of sp³-hybridized carbons (Fsp3) is 1.00. The number of nitrogens with two attached hydrogens (primary N) is 2. The molecule has 5 nitrogen and oxygen atoms in total. The van der Waals surface area contributed by atoms with Gasteiger partial charge in [0.1, 0.15) is 11.3 Å². The highest BCUT2D eigenvalue weighted by atomic mass is 17.3. The zero-order valence-corrected chi connectivity index (χ0v) is 8.79. The molecule has 13 heavy (non-hydrogen) atoms. The van der Waals surface area contributed by atoms with E-state index >= 15 is 0 Å². The molecule has 0 atom stereocenters. The third-order valence-electron chi connectivity index (χ3n) is 1.45. The van der Waals surface area contributed by atoms with Gasteiger partial charge in [0.25, 0.3) is 0 Å². The van der Waals surface area contributed by atoms with Crippen LogP contribution >= 0.6 is 0 Å². The molecular weight excluding hydrogens is 172 g/mol. The van der Waals surface area contributed by atoms with Gasteiger partial charge in [-0.15, -0.1) is 4.99 Å². The summed E-state index contributed by atoms with van der Waals surface area (Å²) in [6.45, 7) is 7.79. The second kappa shape index (κ2) is 4.88. The summed E-state index contributed by atoms with van der Waals surface area (Å²) >= 11 is 0. The number of hydrogen-bond acceptors (Lipinski definition) is 5. The molecule has 0 bridgehead atoms.